The molecule has 2 aromatic rings. The highest BCUT2D eigenvalue weighted by atomic mass is 35.5. The number of halogens is 2. The van der Waals surface area contributed by atoms with Crippen molar-refractivity contribution in [3.05, 3.63) is 50.2 Å². The maximum atomic E-state index is 13.7. The first kappa shape index (κ1) is 17.3. The fourth-order valence-electron chi connectivity index (χ4n) is 2.00. The smallest absolute Gasteiger partial charge is 0.216 e. The van der Waals surface area contributed by atoms with Crippen LogP contribution in [-0.4, -0.2) is 13.4 Å². The van der Waals surface area contributed by atoms with E-state index in [0.717, 1.165) is 28.1 Å². The minimum atomic E-state index is -3.64. The van der Waals surface area contributed by atoms with Gasteiger partial charge in [-0.05, 0) is 25.5 Å². The second kappa shape index (κ2) is 7.04. The summed E-state index contributed by atoms with van der Waals surface area (Å²) in [4.78, 5) is 5.24. The Kier molecular flexibility index (Phi) is 5.55. The Bertz CT molecular complexity index is 775. The molecular weight excluding hydrogens is 347 g/mol. The Hall–Kier alpha value is -1.02. The number of sulfonamides is 1. The van der Waals surface area contributed by atoms with E-state index >= 15 is 0 Å². The van der Waals surface area contributed by atoms with Gasteiger partial charge in [0.2, 0.25) is 10.0 Å². The van der Waals surface area contributed by atoms with Crippen molar-refractivity contribution in [1.29, 1.82) is 0 Å². The van der Waals surface area contributed by atoms with Crippen LogP contribution in [0.25, 0.3) is 0 Å². The van der Waals surface area contributed by atoms with E-state index in [1.807, 2.05) is 13.8 Å². The highest BCUT2D eigenvalue weighted by Gasteiger charge is 2.16. The van der Waals surface area contributed by atoms with Gasteiger partial charge in [-0.3, -0.25) is 0 Å². The summed E-state index contributed by atoms with van der Waals surface area (Å²) >= 11 is 7.12. The van der Waals surface area contributed by atoms with E-state index in [0.29, 0.717) is 0 Å². The minimum Gasteiger partial charge on any atom is -0.246 e. The van der Waals surface area contributed by atoms with Crippen LogP contribution in [0.4, 0.5) is 4.39 Å². The first-order chi connectivity index (χ1) is 10.3. The fourth-order valence-corrected chi connectivity index (χ4v) is 4.32. The van der Waals surface area contributed by atoms with Gasteiger partial charge < -0.3 is 0 Å². The van der Waals surface area contributed by atoms with E-state index in [-0.39, 0.29) is 17.1 Å². The summed E-state index contributed by atoms with van der Waals surface area (Å²) in [5, 5.41) is 1.13. The largest absolute Gasteiger partial charge is 0.246 e. The van der Waals surface area contributed by atoms with Crippen LogP contribution >= 0.6 is 22.9 Å². The summed E-state index contributed by atoms with van der Waals surface area (Å²) in [5.74, 6) is -1.05. The van der Waals surface area contributed by atoms with Gasteiger partial charge in [-0.25, -0.2) is 22.5 Å². The first-order valence-corrected chi connectivity index (χ1v) is 9.52. The lowest BCUT2D eigenvalue weighted by atomic mass is 10.2. The van der Waals surface area contributed by atoms with Crippen LogP contribution in [0.5, 0.6) is 0 Å². The summed E-state index contributed by atoms with van der Waals surface area (Å²) in [5.41, 5.74) is 0.982. The zero-order valence-corrected chi connectivity index (χ0v) is 14.6. The van der Waals surface area contributed by atoms with Crippen LogP contribution in [0.2, 0.25) is 5.02 Å². The summed E-state index contributed by atoms with van der Waals surface area (Å²) in [6.45, 7) is 4.02. The monoisotopic (exact) mass is 362 g/mol. The van der Waals surface area contributed by atoms with Crippen molar-refractivity contribution >= 4 is 33.0 Å². The van der Waals surface area contributed by atoms with Gasteiger partial charge in [-0.2, -0.15) is 0 Å². The Morgan fingerprint density at radius 1 is 1.41 bits per heavy atom. The average molecular weight is 363 g/mol. The molecule has 0 radical (unpaired) electrons. The molecule has 0 aliphatic rings. The summed E-state index contributed by atoms with van der Waals surface area (Å²) < 4.78 is 40.4. The van der Waals surface area contributed by atoms with Gasteiger partial charge in [0.25, 0.3) is 0 Å². The fraction of sp³-hybridized carbons (Fsp3) is 0.357. The number of nitrogens with one attached hydrogen (secondary N) is 1. The number of benzene rings is 1. The SMILES string of the molecule is CCc1nc(C)sc1CNS(=O)(=O)Cc1ccc(Cl)cc1F. The number of rotatable bonds is 6. The molecule has 0 amide bonds. The first-order valence-electron chi connectivity index (χ1n) is 6.67. The van der Waals surface area contributed by atoms with Crippen molar-refractivity contribution in [1.82, 2.24) is 9.71 Å². The molecule has 2 rings (SSSR count). The second-order valence-corrected chi connectivity index (χ2v) is 8.30. The van der Waals surface area contributed by atoms with Crippen molar-refractivity contribution in [2.75, 3.05) is 0 Å². The molecule has 0 saturated heterocycles. The average Bonchev–Trinajstić information content (AvgIpc) is 2.80. The maximum Gasteiger partial charge on any atom is 0.216 e. The molecule has 0 aliphatic carbocycles. The molecule has 0 spiro atoms. The van der Waals surface area contributed by atoms with Gasteiger partial charge in [-0.1, -0.05) is 24.6 Å². The van der Waals surface area contributed by atoms with Crippen molar-refractivity contribution in [2.24, 2.45) is 0 Å². The minimum absolute atomic E-state index is 0.0908. The zero-order valence-electron chi connectivity index (χ0n) is 12.2. The lowest BCUT2D eigenvalue weighted by molar-refractivity contribution is 0.574. The maximum absolute atomic E-state index is 13.7. The molecule has 120 valence electrons. The summed E-state index contributed by atoms with van der Waals surface area (Å²) in [6, 6.07) is 3.95. The molecule has 0 aliphatic heterocycles. The number of thiazole rings is 1. The van der Waals surface area contributed by atoms with Gasteiger partial charge in [-0.15, -0.1) is 11.3 Å². The molecule has 1 N–H and O–H groups in total. The Labute approximate surface area is 138 Å². The van der Waals surface area contributed by atoms with E-state index in [4.69, 9.17) is 11.6 Å². The van der Waals surface area contributed by atoms with Crippen molar-refractivity contribution in [3.63, 3.8) is 0 Å². The third-order valence-electron chi connectivity index (χ3n) is 3.03. The second-order valence-electron chi connectivity index (χ2n) is 4.77. The Morgan fingerprint density at radius 3 is 2.77 bits per heavy atom. The Morgan fingerprint density at radius 2 is 2.14 bits per heavy atom. The Balaban J connectivity index is 2.08. The molecule has 8 heteroatoms. The van der Waals surface area contributed by atoms with Crippen LogP contribution < -0.4 is 4.72 Å². The third kappa shape index (κ3) is 4.49. The highest BCUT2D eigenvalue weighted by Crippen LogP contribution is 2.20. The number of hydrogen-bond donors (Lipinski definition) is 1. The number of aryl methyl sites for hydroxylation is 2. The predicted molar refractivity (Wildman–Crippen MR) is 87.1 cm³/mol. The molecular formula is C14H16ClFN2O2S2. The van der Waals surface area contributed by atoms with Gasteiger partial charge in [0.1, 0.15) is 5.82 Å². The third-order valence-corrected chi connectivity index (χ3v) is 5.56. The number of hydrogen-bond acceptors (Lipinski definition) is 4. The van der Waals surface area contributed by atoms with Crippen molar-refractivity contribution < 1.29 is 12.8 Å². The molecule has 1 heterocycles. The van der Waals surface area contributed by atoms with Gasteiger partial charge in [0, 0.05) is 22.0 Å². The molecule has 4 nitrogen and oxygen atoms in total. The quantitative estimate of drug-likeness (QED) is 0.856. The van der Waals surface area contributed by atoms with Crippen molar-refractivity contribution in [2.45, 2.75) is 32.6 Å². The topological polar surface area (TPSA) is 59.1 Å². The molecule has 0 saturated carbocycles. The summed E-state index contributed by atoms with van der Waals surface area (Å²) in [6.07, 6.45) is 0.743. The van der Waals surface area contributed by atoms with Crippen LogP contribution in [0.15, 0.2) is 18.2 Å². The molecule has 1 aromatic carbocycles. The number of aromatic nitrogens is 1. The zero-order chi connectivity index (χ0) is 16.3. The lowest BCUT2D eigenvalue weighted by Gasteiger charge is -2.07. The molecule has 22 heavy (non-hydrogen) atoms. The van der Waals surface area contributed by atoms with E-state index in [2.05, 4.69) is 9.71 Å². The van der Waals surface area contributed by atoms with Crippen molar-refractivity contribution in [3.8, 4) is 0 Å². The van der Waals surface area contributed by atoms with Crippen LogP contribution in [0.1, 0.15) is 28.1 Å². The summed E-state index contributed by atoms with van der Waals surface area (Å²) in [7, 11) is -3.64. The molecule has 0 bridgehead atoms. The van der Waals surface area contributed by atoms with Gasteiger partial charge >= 0.3 is 0 Å². The van der Waals surface area contributed by atoms with Crippen LogP contribution in [0, 0.1) is 12.7 Å². The van der Waals surface area contributed by atoms with Crippen LogP contribution in [-0.2, 0) is 28.7 Å². The molecule has 1 aromatic heterocycles. The lowest BCUT2D eigenvalue weighted by Crippen LogP contribution is -2.25. The van der Waals surface area contributed by atoms with Gasteiger partial charge in [0.05, 0.1) is 16.5 Å². The molecule has 0 atom stereocenters. The standard InChI is InChI=1S/C14H16ClFN2O2S2/c1-3-13-14(21-9(2)18-13)7-17-22(19,20)8-10-4-5-11(15)6-12(10)16/h4-6,17H,3,7-8H2,1-2H3. The number of nitrogens with zero attached hydrogens (tertiary/aromatic N) is 1. The van der Waals surface area contributed by atoms with E-state index in [9.17, 15) is 12.8 Å². The van der Waals surface area contributed by atoms with Gasteiger partial charge in [0.15, 0.2) is 0 Å². The van der Waals surface area contributed by atoms with E-state index in [1.54, 1.807) is 0 Å². The van der Waals surface area contributed by atoms with E-state index < -0.39 is 21.6 Å². The molecule has 0 unspecified atom stereocenters. The molecule has 0 fully saturated rings. The van der Waals surface area contributed by atoms with E-state index in [1.165, 1.54) is 23.5 Å². The normalized spacial score (nSPS) is 11.8. The predicted octanol–water partition coefficient (Wildman–Crippen LogP) is 3.43. The highest BCUT2D eigenvalue weighted by molar-refractivity contribution is 7.88. The van der Waals surface area contributed by atoms with Crippen LogP contribution in [0.3, 0.4) is 0 Å².